The molecule has 0 bridgehead atoms. The zero-order valence-corrected chi connectivity index (χ0v) is 13.0. The van der Waals surface area contributed by atoms with Gasteiger partial charge in [0.2, 0.25) is 5.95 Å². The smallest absolute Gasteiger partial charge is 0.224 e. The lowest BCUT2D eigenvalue weighted by atomic mass is 10.1. The van der Waals surface area contributed by atoms with Crippen molar-refractivity contribution in [1.82, 2.24) is 14.9 Å². The van der Waals surface area contributed by atoms with Crippen molar-refractivity contribution in [2.75, 3.05) is 37.8 Å². The molecule has 0 aliphatic carbocycles. The summed E-state index contributed by atoms with van der Waals surface area (Å²) in [4.78, 5) is 11.1. The quantitative estimate of drug-likeness (QED) is 0.773. The zero-order valence-electron chi connectivity index (χ0n) is 13.0. The topological polar surface area (TPSA) is 53.1 Å². The maximum Gasteiger partial charge on any atom is 0.224 e. The molecule has 0 atom stereocenters. The number of hydrogen-bond donors (Lipinski definition) is 2. The van der Waals surface area contributed by atoms with Gasteiger partial charge in [0, 0.05) is 23.8 Å². The summed E-state index contributed by atoms with van der Waals surface area (Å²) in [7, 11) is 4.16. The van der Waals surface area contributed by atoms with Gasteiger partial charge in [-0.15, -0.1) is 0 Å². The van der Waals surface area contributed by atoms with E-state index in [4.69, 9.17) is 0 Å². The highest BCUT2D eigenvalue weighted by Gasteiger charge is 2.11. The second kappa shape index (κ2) is 6.70. The van der Waals surface area contributed by atoms with Gasteiger partial charge in [-0.25, -0.2) is 4.98 Å². The molecule has 0 radical (unpaired) electrons. The molecule has 0 fully saturated rings. The molecule has 0 aliphatic heterocycles. The number of aryl methyl sites for hydroxylation is 1. The van der Waals surface area contributed by atoms with Crippen LogP contribution in [0.3, 0.4) is 0 Å². The molecule has 0 aromatic carbocycles. The van der Waals surface area contributed by atoms with Crippen LogP contribution in [0.1, 0.15) is 32.9 Å². The SMILES string of the molecule is Cc1cc(NC(C)(C)C)nc(NCCCN(C)C)n1. The van der Waals surface area contributed by atoms with Gasteiger partial charge in [-0.3, -0.25) is 0 Å². The van der Waals surface area contributed by atoms with Crippen molar-refractivity contribution in [3.05, 3.63) is 11.8 Å². The van der Waals surface area contributed by atoms with Crippen molar-refractivity contribution < 1.29 is 0 Å². The fourth-order valence-corrected chi connectivity index (χ4v) is 1.69. The van der Waals surface area contributed by atoms with Crippen molar-refractivity contribution in [2.24, 2.45) is 0 Å². The Hall–Kier alpha value is -1.36. The van der Waals surface area contributed by atoms with Crippen LogP contribution in [0.25, 0.3) is 0 Å². The molecule has 1 rings (SSSR count). The number of nitrogens with one attached hydrogen (secondary N) is 2. The second-order valence-corrected chi connectivity index (χ2v) is 6.18. The number of hydrogen-bond acceptors (Lipinski definition) is 5. The van der Waals surface area contributed by atoms with Gasteiger partial charge in [0.05, 0.1) is 0 Å². The molecule has 0 spiro atoms. The lowest BCUT2D eigenvalue weighted by Crippen LogP contribution is -2.27. The lowest BCUT2D eigenvalue weighted by Gasteiger charge is -2.21. The second-order valence-electron chi connectivity index (χ2n) is 6.18. The fraction of sp³-hybridized carbons (Fsp3) is 0.714. The van der Waals surface area contributed by atoms with Gasteiger partial charge in [0.1, 0.15) is 5.82 Å². The monoisotopic (exact) mass is 265 g/mol. The minimum Gasteiger partial charge on any atom is -0.365 e. The molecule has 5 nitrogen and oxygen atoms in total. The molecule has 1 aromatic rings. The van der Waals surface area contributed by atoms with E-state index in [-0.39, 0.29) is 5.54 Å². The molecule has 0 saturated heterocycles. The summed E-state index contributed by atoms with van der Waals surface area (Å²) in [5.74, 6) is 1.57. The van der Waals surface area contributed by atoms with Crippen LogP contribution in [0.15, 0.2) is 6.07 Å². The normalized spacial score (nSPS) is 11.7. The van der Waals surface area contributed by atoms with E-state index in [0.29, 0.717) is 5.95 Å². The highest BCUT2D eigenvalue weighted by molar-refractivity contribution is 5.43. The van der Waals surface area contributed by atoms with Crippen molar-refractivity contribution >= 4 is 11.8 Å². The molecule has 0 amide bonds. The minimum atomic E-state index is 0.00296. The Kier molecular flexibility index (Phi) is 5.54. The summed E-state index contributed by atoms with van der Waals surface area (Å²) < 4.78 is 0. The van der Waals surface area contributed by atoms with Crippen LogP contribution in [0, 0.1) is 6.92 Å². The maximum atomic E-state index is 4.49. The standard InChI is InChI=1S/C14H27N5/c1-11-10-12(18-14(2,3)4)17-13(16-11)15-8-7-9-19(5)6/h10H,7-9H2,1-6H3,(H2,15,16,17,18). The first-order valence-electron chi connectivity index (χ1n) is 6.79. The van der Waals surface area contributed by atoms with E-state index in [1.165, 1.54) is 0 Å². The number of nitrogens with zero attached hydrogens (tertiary/aromatic N) is 3. The molecule has 0 aliphatic rings. The number of rotatable bonds is 6. The molecule has 2 N–H and O–H groups in total. The molecule has 5 heteroatoms. The highest BCUT2D eigenvalue weighted by atomic mass is 15.2. The predicted octanol–water partition coefficient (Wildman–Crippen LogP) is 2.36. The average Bonchev–Trinajstić information content (AvgIpc) is 2.20. The van der Waals surface area contributed by atoms with Crippen molar-refractivity contribution in [3.63, 3.8) is 0 Å². The van der Waals surface area contributed by atoms with E-state index in [1.54, 1.807) is 0 Å². The Morgan fingerprint density at radius 1 is 1.21 bits per heavy atom. The van der Waals surface area contributed by atoms with Gasteiger partial charge in [-0.2, -0.15) is 4.98 Å². The lowest BCUT2D eigenvalue weighted by molar-refractivity contribution is 0.405. The summed E-state index contributed by atoms with van der Waals surface area (Å²) in [5.41, 5.74) is 0.972. The van der Waals surface area contributed by atoms with Crippen LogP contribution >= 0.6 is 0 Å². The third-order valence-electron chi connectivity index (χ3n) is 2.42. The third-order valence-corrected chi connectivity index (χ3v) is 2.42. The molecule has 1 aromatic heterocycles. The molecule has 0 unspecified atom stereocenters. The van der Waals surface area contributed by atoms with Crippen molar-refractivity contribution in [3.8, 4) is 0 Å². The van der Waals surface area contributed by atoms with E-state index in [1.807, 2.05) is 13.0 Å². The van der Waals surface area contributed by atoms with Crippen molar-refractivity contribution in [1.29, 1.82) is 0 Å². The molecular weight excluding hydrogens is 238 g/mol. The molecule has 108 valence electrons. The molecule has 19 heavy (non-hydrogen) atoms. The Morgan fingerprint density at radius 3 is 2.47 bits per heavy atom. The summed E-state index contributed by atoms with van der Waals surface area (Å²) in [6.07, 6.45) is 1.08. The number of anilines is 2. The van der Waals surface area contributed by atoms with Gasteiger partial charge in [0.25, 0.3) is 0 Å². The van der Waals surface area contributed by atoms with Gasteiger partial charge in [0.15, 0.2) is 0 Å². The van der Waals surface area contributed by atoms with Gasteiger partial charge < -0.3 is 15.5 Å². The summed E-state index contributed by atoms with van der Waals surface area (Å²) in [6.45, 7) is 10.3. The number of aromatic nitrogens is 2. The van der Waals surface area contributed by atoms with Crippen LogP contribution in [0.2, 0.25) is 0 Å². The summed E-state index contributed by atoms with van der Waals surface area (Å²) in [5, 5.41) is 6.65. The van der Waals surface area contributed by atoms with Crippen LogP contribution in [-0.4, -0.2) is 47.6 Å². The molecule has 0 saturated carbocycles. The molecular formula is C14H27N5. The third kappa shape index (κ3) is 6.96. The maximum absolute atomic E-state index is 4.49. The Labute approximate surface area is 116 Å². The van der Waals surface area contributed by atoms with Crippen LogP contribution in [0.4, 0.5) is 11.8 Å². The first kappa shape index (κ1) is 15.7. The van der Waals surface area contributed by atoms with Crippen LogP contribution in [0.5, 0.6) is 0 Å². The Balaban J connectivity index is 2.58. The van der Waals surface area contributed by atoms with E-state index in [2.05, 4.69) is 60.4 Å². The Bertz CT molecular complexity index is 395. The minimum absolute atomic E-state index is 0.00296. The van der Waals surface area contributed by atoms with E-state index >= 15 is 0 Å². The van der Waals surface area contributed by atoms with Crippen LogP contribution < -0.4 is 10.6 Å². The van der Waals surface area contributed by atoms with E-state index < -0.39 is 0 Å². The predicted molar refractivity (Wildman–Crippen MR) is 81.8 cm³/mol. The first-order valence-corrected chi connectivity index (χ1v) is 6.79. The van der Waals surface area contributed by atoms with E-state index in [9.17, 15) is 0 Å². The van der Waals surface area contributed by atoms with Gasteiger partial charge >= 0.3 is 0 Å². The Morgan fingerprint density at radius 2 is 1.89 bits per heavy atom. The average molecular weight is 265 g/mol. The first-order chi connectivity index (χ1) is 8.76. The summed E-state index contributed by atoms with van der Waals surface area (Å²) >= 11 is 0. The van der Waals surface area contributed by atoms with Gasteiger partial charge in [-0.05, 0) is 54.8 Å². The van der Waals surface area contributed by atoms with Crippen LogP contribution in [-0.2, 0) is 0 Å². The zero-order chi connectivity index (χ0) is 14.5. The van der Waals surface area contributed by atoms with Crippen molar-refractivity contribution in [2.45, 2.75) is 39.7 Å². The molecule has 1 heterocycles. The summed E-state index contributed by atoms with van der Waals surface area (Å²) in [6, 6.07) is 1.97. The fourth-order valence-electron chi connectivity index (χ4n) is 1.69. The highest BCUT2D eigenvalue weighted by Crippen LogP contribution is 2.14. The largest absolute Gasteiger partial charge is 0.365 e. The van der Waals surface area contributed by atoms with Gasteiger partial charge in [-0.1, -0.05) is 0 Å². The van der Waals surface area contributed by atoms with E-state index in [0.717, 1.165) is 31.0 Å².